The zero-order chi connectivity index (χ0) is 9.14. The van der Waals surface area contributed by atoms with Gasteiger partial charge in [-0.15, -0.1) is 0 Å². The van der Waals surface area contributed by atoms with Crippen LogP contribution >= 0.6 is 0 Å². The van der Waals surface area contributed by atoms with Crippen LogP contribution in [0.25, 0.3) is 0 Å². The van der Waals surface area contributed by atoms with Crippen molar-refractivity contribution < 1.29 is 0 Å². The van der Waals surface area contributed by atoms with E-state index in [0.29, 0.717) is 0 Å². The van der Waals surface area contributed by atoms with E-state index in [1.165, 1.54) is 11.3 Å². The van der Waals surface area contributed by atoms with Crippen LogP contribution in [0.3, 0.4) is 0 Å². The first kappa shape index (κ1) is 9.26. The highest BCUT2D eigenvalue weighted by molar-refractivity contribution is 5.14. The second kappa shape index (κ2) is 3.72. The molecular formula is C9H17N3. The molecule has 3 nitrogen and oxygen atoms in total. The lowest BCUT2D eigenvalue weighted by Crippen LogP contribution is -2.15. The van der Waals surface area contributed by atoms with Crippen LogP contribution in [0.5, 0.6) is 0 Å². The summed E-state index contributed by atoms with van der Waals surface area (Å²) in [5.41, 5.74) is 8.10. The van der Waals surface area contributed by atoms with Gasteiger partial charge in [0, 0.05) is 19.3 Å². The number of hydrogen-bond acceptors (Lipinski definition) is 2. The van der Waals surface area contributed by atoms with E-state index in [-0.39, 0.29) is 6.04 Å². The standard InChI is InChI=1S/C9H17N3/c1-7-6-12(3)11-9(7)5-4-8(2)10/h6,8H,4-5,10H2,1-3H3/t8-/m1/s1. The Morgan fingerprint density at radius 2 is 2.33 bits per heavy atom. The van der Waals surface area contributed by atoms with Crippen molar-refractivity contribution in [2.45, 2.75) is 32.7 Å². The fraction of sp³-hybridized carbons (Fsp3) is 0.667. The van der Waals surface area contributed by atoms with Crippen molar-refractivity contribution in [2.24, 2.45) is 12.8 Å². The van der Waals surface area contributed by atoms with Gasteiger partial charge in [-0.3, -0.25) is 4.68 Å². The molecule has 0 spiro atoms. The Kier molecular flexibility index (Phi) is 2.87. The van der Waals surface area contributed by atoms with E-state index in [2.05, 4.69) is 12.0 Å². The zero-order valence-corrected chi connectivity index (χ0v) is 8.04. The van der Waals surface area contributed by atoms with Crippen LogP contribution in [-0.4, -0.2) is 15.8 Å². The van der Waals surface area contributed by atoms with Crippen molar-refractivity contribution >= 4 is 0 Å². The highest BCUT2D eigenvalue weighted by atomic mass is 15.2. The Morgan fingerprint density at radius 3 is 2.75 bits per heavy atom. The molecule has 3 heteroatoms. The predicted molar refractivity (Wildman–Crippen MR) is 49.9 cm³/mol. The van der Waals surface area contributed by atoms with Gasteiger partial charge in [0.2, 0.25) is 0 Å². The molecule has 1 aromatic rings. The van der Waals surface area contributed by atoms with Gasteiger partial charge < -0.3 is 5.73 Å². The molecule has 0 fully saturated rings. The summed E-state index contributed by atoms with van der Waals surface area (Å²) < 4.78 is 1.85. The van der Waals surface area contributed by atoms with E-state index in [1.807, 2.05) is 24.9 Å². The van der Waals surface area contributed by atoms with Gasteiger partial charge in [0.25, 0.3) is 0 Å². The highest BCUT2D eigenvalue weighted by Gasteiger charge is 2.03. The van der Waals surface area contributed by atoms with Crippen LogP contribution in [0.4, 0.5) is 0 Å². The van der Waals surface area contributed by atoms with Gasteiger partial charge in [-0.2, -0.15) is 5.10 Å². The summed E-state index contributed by atoms with van der Waals surface area (Å²) in [5.74, 6) is 0. The molecule has 0 amide bonds. The van der Waals surface area contributed by atoms with E-state index in [9.17, 15) is 0 Å². The number of rotatable bonds is 3. The first-order valence-corrected chi connectivity index (χ1v) is 4.34. The van der Waals surface area contributed by atoms with E-state index < -0.39 is 0 Å². The summed E-state index contributed by atoms with van der Waals surface area (Å²) in [6.07, 6.45) is 4.04. The normalized spacial score (nSPS) is 13.3. The van der Waals surface area contributed by atoms with Crippen LogP contribution in [0.1, 0.15) is 24.6 Å². The molecule has 1 atom stereocenters. The summed E-state index contributed by atoms with van der Waals surface area (Å²) in [7, 11) is 1.95. The van der Waals surface area contributed by atoms with E-state index in [4.69, 9.17) is 5.73 Å². The van der Waals surface area contributed by atoms with Crippen LogP contribution in [-0.2, 0) is 13.5 Å². The second-order valence-electron chi connectivity index (χ2n) is 3.45. The van der Waals surface area contributed by atoms with Gasteiger partial charge in [0.1, 0.15) is 0 Å². The van der Waals surface area contributed by atoms with Crippen LogP contribution in [0.2, 0.25) is 0 Å². The molecular weight excluding hydrogens is 150 g/mol. The fourth-order valence-corrected chi connectivity index (χ4v) is 1.26. The summed E-state index contributed by atoms with van der Waals surface area (Å²) >= 11 is 0. The molecule has 68 valence electrons. The molecule has 1 heterocycles. The molecule has 0 aliphatic rings. The van der Waals surface area contributed by atoms with Gasteiger partial charge >= 0.3 is 0 Å². The molecule has 0 aliphatic heterocycles. The lowest BCUT2D eigenvalue weighted by molar-refractivity contribution is 0.644. The molecule has 0 saturated heterocycles. The lowest BCUT2D eigenvalue weighted by Gasteiger charge is -2.02. The first-order valence-electron chi connectivity index (χ1n) is 4.34. The van der Waals surface area contributed by atoms with Crippen molar-refractivity contribution in [3.8, 4) is 0 Å². The zero-order valence-electron chi connectivity index (χ0n) is 8.04. The number of nitrogens with zero attached hydrogens (tertiary/aromatic N) is 2. The maximum atomic E-state index is 5.66. The molecule has 2 N–H and O–H groups in total. The Balaban J connectivity index is 2.57. The van der Waals surface area contributed by atoms with Gasteiger partial charge in [-0.1, -0.05) is 0 Å². The van der Waals surface area contributed by atoms with Crippen molar-refractivity contribution in [1.82, 2.24) is 9.78 Å². The molecule has 0 unspecified atom stereocenters. The monoisotopic (exact) mass is 167 g/mol. The van der Waals surface area contributed by atoms with Gasteiger partial charge in [-0.25, -0.2) is 0 Å². The number of nitrogens with two attached hydrogens (primary N) is 1. The average molecular weight is 167 g/mol. The van der Waals surface area contributed by atoms with Crippen LogP contribution < -0.4 is 5.73 Å². The molecule has 1 rings (SSSR count). The van der Waals surface area contributed by atoms with Crippen molar-refractivity contribution in [1.29, 1.82) is 0 Å². The Hall–Kier alpha value is -0.830. The third kappa shape index (κ3) is 2.34. The minimum Gasteiger partial charge on any atom is -0.328 e. The summed E-state index contributed by atoms with van der Waals surface area (Å²) in [4.78, 5) is 0. The minimum atomic E-state index is 0.270. The molecule has 0 aliphatic carbocycles. The third-order valence-electron chi connectivity index (χ3n) is 1.95. The molecule has 0 aromatic carbocycles. The predicted octanol–water partition coefficient (Wildman–Crippen LogP) is 1.01. The van der Waals surface area contributed by atoms with Crippen LogP contribution in [0, 0.1) is 6.92 Å². The Morgan fingerprint density at radius 1 is 1.67 bits per heavy atom. The number of aryl methyl sites for hydroxylation is 3. The molecule has 0 radical (unpaired) electrons. The quantitative estimate of drug-likeness (QED) is 0.730. The van der Waals surface area contributed by atoms with Crippen molar-refractivity contribution in [2.75, 3.05) is 0 Å². The molecule has 0 bridgehead atoms. The second-order valence-corrected chi connectivity index (χ2v) is 3.45. The fourth-order valence-electron chi connectivity index (χ4n) is 1.26. The van der Waals surface area contributed by atoms with Crippen molar-refractivity contribution in [3.63, 3.8) is 0 Å². The Bertz CT molecular complexity index is 250. The first-order chi connectivity index (χ1) is 5.59. The summed E-state index contributed by atoms with van der Waals surface area (Å²) in [6.45, 7) is 4.11. The molecule has 1 aromatic heterocycles. The smallest absolute Gasteiger partial charge is 0.0654 e. The third-order valence-corrected chi connectivity index (χ3v) is 1.95. The van der Waals surface area contributed by atoms with E-state index in [0.717, 1.165) is 12.8 Å². The maximum Gasteiger partial charge on any atom is 0.0654 e. The highest BCUT2D eigenvalue weighted by Crippen LogP contribution is 2.07. The van der Waals surface area contributed by atoms with Gasteiger partial charge in [0.05, 0.1) is 5.69 Å². The average Bonchev–Trinajstić information content (AvgIpc) is 2.26. The van der Waals surface area contributed by atoms with Gasteiger partial charge in [0.15, 0.2) is 0 Å². The Labute approximate surface area is 73.6 Å². The van der Waals surface area contributed by atoms with Crippen LogP contribution in [0.15, 0.2) is 6.20 Å². The topological polar surface area (TPSA) is 43.8 Å². The summed E-state index contributed by atoms with van der Waals surface area (Å²) in [5, 5.41) is 4.34. The number of hydrogen-bond donors (Lipinski definition) is 1. The minimum absolute atomic E-state index is 0.270. The van der Waals surface area contributed by atoms with Crippen molar-refractivity contribution in [3.05, 3.63) is 17.5 Å². The number of aromatic nitrogens is 2. The van der Waals surface area contributed by atoms with E-state index >= 15 is 0 Å². The van der Waals surface area contributed by atoms with E-state index in [1.54, 1.807) is 0 Å². The molecule has 0 saturated carbocycles. The summed E-state index contributed by atoms with van der Waals surface area (Å²) in [6, 6.07) is 0.270. The molecule has 12 heavy (non-hydrogen) atoms. The largest absolute Gasteiger partial charge is 0.328 e. The maximum absolute atomic E-state index is 5.66. The van der Waals surface area contributed by atoms with Gasteiger partial charge in [-0.05, 0) is 32.3 Å². The lowest BCUT2D eigenvalue weighted by atomic mass is 10.1. The SMILES string of the molecule is Cc1cn(C)nc1CC[C@@H](C)N.